The molecule has 0 spiro atoms. The van der Waals surface area contributed by atoms with E-state index in [4.69, 9.17) is 19.3 Å². The van der Waals surface area contributed by atoms with E-state index in [0.29, 0.717) is 28.2 Å². The van der Waals surface area contributed by atoms with E-state index in [1.54, 1.807) is 37.6 Å². The van der Waals surface area contributed by atoms with Crippen LogP contribution in [0.5, 0.6) is 17.2 Å². The number of aromatic nitrogens is 4. The standard InChI is InChI=1S/C22H21BrN4O3S/c1-13-8-17(20-18(29-3)10-16(28-2)11-19(20)30-4)27-21(24-13)25-22(26-27)31-12-14-6-5-7-15(23)9-14/h5-11H,12H2,1-4H3. The molecule has 4 aromatic rings. The number of hydrogen-bond acceptors (Lipinski definition) is 7. The Hall–Kier alpha value is -2.78. The van der Waals surface area contributed by atoms with Gasteiger partial charge in [0.15, 0.2) is 0 Å². The second kappa shape index (κ2) is 9.15. The Morgan fingerprint density at radius 1 is 0.968 bits per heavy atom. The van der Waals surface area contributed by atoms with Gasteiger partial charge in [-0.1, -0.05) is 39.8 Å². The van der Waals surface area contributed by atoms with Gasteiger partial charge in [-0.2, -0.15) is 9.50 Å². The highest BCUT2D eigenvalue weighted by molar-refractivity contribution is 9.10. The maximum Gasteiger partial charge on any atom is 0.253 e. The number of hydrogen-bond donors (Lipinski definition) is 0. The van der Waals surface area contributed by atoms with Gasteiger partial charge in [0.2, 0.25) is 5.16 Å². The molecule has 0 saturated carbocycles. The highest BCUT2D eigenvalue weighted by atomic mass is 79.9. The number of aryl methyl sites for hydroxylation is 1. The quantitative estimate of drug-likeness (QED) is 0.323. The molecule has 0 saturated heterocycles. The van der Waals surface area contributed by atoms with E-state index in [1.807, 2.05) is 37.3 Å². The minimum absolute atomic E-state index is 0.520. The van der Waals surface area contributed by atoms with Gasteiger partial charge in [-0.15, -0.1) is 5.10 Å². The molecule has 0 aliphatic rings. The van der Waals surface area contributed by atoms with Gasteiger partial charge < -0.3 is 14.2 Å². The SMILES string of the molecule is COc1cc(OC)c(-c2cc(C)nc3nc(SCc4cccc(Br)c4)nn23)c(OC)c1. The summed E-state index contributed by atoms with van der Waals surface area (Å²) < 4.78 is 19.4. The molecule has 0 fully saturated rings. The molecule has 0 bridgehead atoms. The first-order valence-corrected chi connectivity index (χ1v) is 11.2. The van der Waals surface area contributed by atoms with Crippen molar-refractivity contribution >= 4 is 33.5 Å². The summed E-state index contributed by atoms with van der Waals surface area (Å²) in [7, 11) is 4.84. The van der Waals surface area contributed by atoms with E-state index >= 15 is 0 Å². The monoisotopic (exact) mass is 500 g/mol. The number of fused-ring (bicyclic) bond motifs is 1. The van der Waals surface area contributed by atoms with Crippen molar-refractivity contribution in [2.45, 2.75) is 17.8 Å². The van der Waals surface area contributed by atoms with Crippen molar-refractivity contribution in [3.63, 3.8) is 0 Å². The van der Waals surface area contributed by atoms with Crippen LogP contribution < -0.4 is 14.2 Å². The minimum atomic E-state index is 0.520. The van der Waals surface area contributed by atoms with Crippen molar-refractivity contribution in [2.75, 3.05) is 21.3 Å². The Kier molecular flexibility index (Phi) is 6.33. The van der Waals surface area contributed by atoms with Gasteiger partial charge in [-0.25, -0.2) is 4.98 Å². The smallest absolute Gasteiger partial charge is 0.253 e. The summed E-state index contributed by atoms with van der Waals surface area (Å²) in [5, 5.41) is 5.36. The fourth-order valence-electron chi connectivity index (χ4n) is 3.24. The summed E-state index contributed by atoms with van der Waals surface area (Å²) in [6.07, 6.45) is 0. The molecule has 31 heavy (non-hydrogen) atoms. The molecular weight excluding hydrogens is 480 g/mol. The van der Waals surface area contributed by atoms with Crippen molar-refractivity contribution in [1.82, 2.24) is 19.6 Å². The van der Waals surface area contributed by atoms with E-state index in [0.717, 1.165) is 27.2 Å². The normalized spacial score (nSPS) is 11.0. The molecule has 160 valence electrons. The number of methoxy groups -OCH3 is 3. The summed E-state index contributed by atoms with van der Waals surface area (Å²) in [5.74, 6) is 3.14. The van der Waals surface area contributed by atoms with E-state index in [2.05, 4.69) is 38.0 Å². The Bertz CT molecular complexity index is 1220. The average molecular weight is 501 g/mol. The lowest BCUT2D eigenvalue weighted by Gasteiger charge is -2.16. The third kappa shape index (κ3) is 4.47. The Morgan fingerprint density at radius 3 is 2.35 bits per heavy atom. The second-order valence-electron chi connectivity index (χ2n) is 6.71. The van der Waals surface area contributed by atoms with Gasteiger partial charge in [0, 0.05) is 28.1 Å². The molecule has 0 atom stereocenters. The van der Waals surface area contributed by atoms with Gasteiger partial charge in [-0.05, 0) is 30.7 Å². The van der Waals surface area contributed by atoms with Crippen LogP contribution in [0.1, 0.15) is 11.3 Å². The lowest BCUT2D eigenvalue weighted by molar-refractivity contribution is 0.377. The average Bonchev–Trinajstić information content (AvgIpc) is 3.19. The van der Waals surface area contributed by atoms with Crippen LogP contribution in [0, 0.1) is 6.92 Å². The molecule has 2 aromatic carbocycles. The second-order valence-corrected chi connectivity index (χ2v) is 8.57. The molecular formula is C22H21BrN4O3S. The molecule has 2 aromatic heterocycles. The third-order valence-electron chi connectivity index (χ3n) is 4.65. The number of nitrogens with zero attached hydrogens (tertiary/aromatic N) is 4. The third-order valence-corrected chi connectivity index (χ3v) is 6.05. The zero-order valence-corrected chi connectivity index (χ0v) is 20.0. The number of benzene rings is 2. The van der Waals surface area contributed by atoms with Crippen molar-refractivity contribution in [3.8, 4) is 28.5 Å². The van der Waals surface area contributed by atoms with Crippen LogP contribution in [0.25, 0.3) is 17.0 Å². The Labute approximate surface area is 192 Å². The van der Waals surface area contributed by atoms with Crippen molar-refractivity contribution < 1.29 is 14.2 Å². The van der Waals surface area contributed by atoms with E-state index in [9.17, 15) is 0 Å². The van der Waals surface area contributed by atoms with Crippen molar-refractivity contribution in [2.24, 2.45) is 0 Å². The Balaban J connectivity index is 1.79. The molecule has 0 radical (unpaired) electrons. The first kappa shape index (κ1) is 21.5. The number of halogens is 1. The van der Waals surface area contributed by atoms with Crippen LogP contribution in [0.3, 0.4) is 0 Å². The lowest BCUT2D eigenvalue weighted by Crippen LogP contribution is -2.02. The topological polar surface area (TPSA) is 70.8 Å². The van der Waals surface area contributed by atoms with E-state index in [1.165, 1.54) is 5.56 Å². The molecule has 0 N–H and O–H groups in total. The lowest BCUT2D eigenvalue weighted by atomic mass is 10.1. The number of ether oxygens (including phenoxy) is 3. The predicted molar refractivity (Wildman–Crippen MR) is 124 cm³/mol. The molecule has 0 aliphatic carbocycles. The van der Waals surface area contributed by atoms with Gasteiger partial charge >= 0.3 is 0 Å². The van der Waals surface area contributed by atoms with Crippen LogP contribution >= 0.6 is 27.7 Å². The fourth-order valence-corrected chi connectivity index (χ4v) is 4.45. The summed E-state index contributed by atoms with van der Waals surface area (Å²) in [5.41, 5.74) is 3.54. The summed E-state index contributed by atoms with van der Waals surface area (Å²) in [6, 6.07) is 13.8. The predicted octanol–water partition coefficient (Wildman–Crippen LogP) is 5.18. The summed E-state index contributed by atoms with van der Waals surface area (Å²) >= 11 is 5.07. The highest BCUT2D eigenvalue weighted by Crippen LogP contribution is 2.42. The molecule has 9 heteroatoms. The molecule has 2 heterocycles. The van der Waals surface area contributed by atoms with Crippen molar-refractivity contribution in [1.29, 1.82) is 0 Å². The van der Waals surface area contributed by atoms with Gasteiger partial charge in [-0.3, -0.25) is 0 Å². The Morgan fingerprint density at radius 2 is 1.71 bits per heavy atom. The summed E-state index contributed by atoms with van der Waals surface area (Å²) in [6.45, 7) is 1.93. The minimum Gasteiger partial charge on any atom is -0.496 e. The zero-order valence-electron chi connectivity index (χ0n) is 17.5. The van der Waals surface area contributed by atoms with Gasteiger partial charge in [0.05, 0.1) is 32.6 Å². The number of thioether (sulfide) groups is 1. The number of rotatable bonds is 7. The summed E-state index contributed by atoms with van der Waals surface area (Å²) in [4.78, 5) is 9.19. The maximum absolute atomic E-state index is 5.65. The first-order chi connectivity index (χ1) is 15.0. The van der Waals surface area contributed by atoms with E-state index in [-0.39, 0.29) is 0 Å². The van der Waals surface area contributed by atoms with Crippen LogP contribution in [0.2, 0.25) is 0 Å². The van der Waals surface area contributed by atoms with Crippen LogP contribution in [0.4, 0.5) is 0 Å². The molecule has 0 aliphatic heterocycles. The van der Waals surface area contributed by atoms with Crippen molar-refractivity contribution in [3.05, 3.63) is 58.2 Å². The van der Waals surface area contributed by atoms with Gasteiger partial charge in [0.1, 0.15) is 17.2 Å². The molecule has 7 nitrogen and oxygen atoms in total. The van der Waals surface area contributed by atoms with Crippen LogP contribution in [-0.2, 0) is 5.75 Å². The molecule has 0 amide bonds. The maximum atomic E-state index is 5.65. The zero-order chi connectivity index (χ0) is 22.0. The highest BCUT2D eigenvalue weighted by Gasteiger charge is 2.20. The van der Waals surface area contributed by atoms with E-state index < -0.39 is 0 Å². The fraction of sp³-hybridized carbons (Fsp3) is 0.227. The van der Waals surface area contributed by atoms with Crippen LogP contribution in [-0.4, -0.2) is 40.9 Å². The molecule has 0 unspecified atom stereocenters. The van der Waals surface area contributed by atoms with Gasteiger partial charge in [0.25, 0.3) is 5.78 Å². The van der Waals surface area contributed by atoms with Crippen LogP contribution in [0.15, 0.2) is 52.1 Å². The first-order valence-electron chi connectivity index (χ1n) is 9.44. The molecule has 4 rings (SSSR count). The largest absolute Gasteiger partial charge is 0.496 e.